The molecule has 0 unspecified atom stereocenters. The predicted molar refractivity (Wildman–Crippen MR) is 411 cm³/mol. The summed E-state index contributed by atoms with van der Waals surface area (Å²) in [4.78, 5) is 30.6. The van der Waals surface area contributed by atoms with Crippen molar-refractivity contribution in [2.45, 2.75) is 0 Å². The fraction of sp³-hybridized carbons (Fsp3) is 0. The van der Waals surface area contributed by atoms with Gasteiger partial charge in [0.25, 0.3) is 0 Å². The molecule has 0 fully saturated rings. The van der Waals surface area contributed by atoms with E-state index < -0.39 is 0 Å². The van der Waals surface area contributed by atoms with Crippen LogP contribution in [0.5, 0.6) is 0 Å². The van der Waals surface area contributed by atoms with Crippen LogP contribution in [-0.2, 0) is 0 Å². The van der Waals surface area contributed by atoms with E-state index in [1.54, 1.807) is 24.8 Å². The van der Waals surface area contributed by atoms with E-state index in [2.05, 4.69) is 126 Å². The molecule has 0 aliphatic heterocycles. The summed E-state index contributed by atoms with van der Waals surface area (Å²) in [5.74, 6) is 0. The van der Waals surface area contributed by atoms with Gasteiger partial charge in [-0.05, 0) is 139 Å². The zero-order valence-electron chi connectivity index (χ0n) is 83.3. The molecular weight excluding hydrogens is 1090 g/mol. The van der Waals surface area contributed by atoms with E-state index in [4.69, 9.17) is 51.4 Å². The summed E-state index contributed by atoms with van der Waals surface area (Å²) in [5.41, 5.74) is 3.74. The number of aromatic nitrogens is 7. The lowest BCUT2D eigenvalue weighted by Gasteiger charge is -2.09. The SMILES string of the molecule is [2H][2H].[2H][2H].[2H][2H].[2H][2H].[2H][2H].[2H][2H].[2H][2H].[2H][2H].[2H][2H].[2H][2H].[2H][2H].[2H][2H].[2H][2H].[2H][2H].[2H][2H].[2H]c1ccc2c(c1)c1cccnc1c1cnccc21.[2H]c1ccc2c(c1)c1cccnc1c1ncccc21.[2H]c1ccc2c3ccccc3c3cccnc3c2c1.[2H]c1ccc2c3ccccc3c3ccncc3c2c1.[2H]c1ccc2c3ccccc3c3ccncc3c2c1. The minimum atomic E-state index is 0.515. The Morgan fingerprint density at radius 2 is 0.378 bits per heavy atom. The molecule has 0 saturated carbocycles. The smallest absolute Gasteiger partial charge is 0.0970 e. The molecule has 450 valence electrons. The summed E-state index contributed by atoms with van der Waals surface area (Å²) in [5, 5.41) is 29.8. The Labute approximate surface area is 570 Å². The Kier molecular flexibility index (Phi) is 9.32. The molecule has 0 saturated heterocycles. The average molecular weight is 1210 g/mol. The molecule has 7 nitrogen and oxygen atoms in total. The molecule has 0 amide bonds. The van der Waals surface area contributed by atoms with Gasteiger partial charge >= 0.3 is 0 Å². The fourth-order valence-electron chi connectivity index (χ4n) is 13.1. The molecule has 7 heterocycles. The van der Waals surface area contributed by atoms with Crippen molar-refractivity contribution in [3.63, 3.8) is 0 Å². The minimum Gasteiger partial charge on any atom is -0.264 e. The molecule has 0 atom stereocenters. The Morgan fingerprint density at radius 3 is 0.722 bits per heavy atom. The van der Waals surface area contributed by atoms with E-state index in [0.717, 1.165) is 108 Å². The monoisotopic (exact) mass is 1210 g/mol. The Hall–Kier alpha value is -12.2. The second kappa shape index (κ2) is 23.2. The van der Waals surface area contributed by atoms with Crippen molar-refractivity contribution in [1.82, 2.24) is 34.9 Å². The lowest BCUT2D eigenvalue weighted by molar-refractivity contribution is 1.36. The van der Waals surface area contributed by atoms with Crippen molar-refractivity contribution < 1.29 is 51.4 Å². The van der Waals surface area contributed by atoms with Gasteiger partial charge in [0.1, 0.15) is 0 Å². The van der Waals surface area contributed by atoms with Crippen molar-refractivity contribution in [3.8, 4) is 0 Å². The maximum Gasteiger partial charge on any atom is 0.0970 e. The number of pyridine rings is 7. The van der Waals surface area contributed by atoms with Gasteiger partial charge < -0.3 is 0 Å². The first-order valence-corrected chi connectivity index (χ1v) is 29.7. The number of hydrogen-bond acceptors (Lipinski definition) is 7. The Morgan fingerprint density at radius 1 is 0.178 bits per heavy atom. The molecule has 0 radical (unpaired) electrons. The van der Waals surface area contributed by atoms with Crippen molar-refractivity contribution in [1.29, 1.82) is 0 Å². The van der Waals surface area contributed by atoms with Crippen LogP contribution in [0.1, 0.15) is 51.4 Å². The first-order chi connectivity index (χ1) is 61.7. The van der Waals surface area contributed by atoms with Crippen LogP contribution in [0.25, 0.3) is 162 Å². The van der Waals surface area contributed by atoms with E-state index >= 15 is 0 Å². The summed E-state index contributed by atoms with van der Waals surface area (Å²) in [6.45, 7) is 0. The van der Waals surface area contributed by atoms with Crippen molar-refractivity contribution >= 4 is 162 Å². The predicted octanol–water partition coefficient (Wildman–Crippen LogP) is 25.2. The third kappa shape index (κ3) is 9.37. The molecule has 20 aromatic rings. The molecule has 20 rings (SSSR count). The van der Waals surface area contributed by atoms with Gasteiger partial charge in [-0.1, -0.05) is 218 Å². The highest BCUT2D eigenvalue weighted by atomic mass is 14.7. The third-order valence-corrected chi connectivity index (χ3v) is 17.0. The van der Waals surface area contributed by atoms with Gasteiger partial charge in [-0.25, -0.2) is 0 Å². The minimum absolute atomic E-state index is 0.515. The first-order valence-electron chi connectivity index (χ1n) is 47.2. The van der Waals surface area contributed by atoms with Crippen LogP contribution in [0.2, 0.25) is 0 Å². The van der Waals surface area contributed by atoms with E-state index in [0.29, 0.717) is 30.2 Å². The number of nitrogens with zero attached hydrogens (tertiary/aromatic N) is 7. The highest BCUT2D eigenvalue weighted by molar-refractivity contribution is 6.28. The fourth-order valence-corrected chi connectivity index (χ4v) is 13.1. The van der Waals surface area contributed by atoms with Gasteiger partial charge in [-0.2, -0.15) is 0 Å². The quantitative estimate of drug-likeness (QED) is 0.140. The number of fused-ring (bicyclic) bond motifs is 30. The van der Waals surface area contributed by atoms with Crippen LogP contribution in [0.4, 0.5) is 0 Å². The molecule has 0 aliphatic rings. The van der Waals surface area contributed by atoms with Crippen LogP contribution >= 0.6 is 0 Å². The summed E-state index contributed by atoms with van der Waals surface area (Å²) in [6, 6.07) is 78.7. The summed E-state index contributed by atoms with van der Waals surface area (Å²) < 4.78 is 189. The molecule has 7 heteroatoms. The second-order valence-corrected chi connectivity index (χ2v) is 21.9. The van der Waals surface area contributed by atoms with Crippen LogP contribution in [0.15, 0.2) is 323 Å². The van der Waals surface area contributed by atoms with E-state index in [9.17, 15) is 0 Å². The Bertz CT molecular complexity index is 5460. The standard InChI is InChI=1S/3C17H11N.2C16H10N2.15H2/c1-2-7-14-12(6-1)13-8-3-4-9-15(13)17-16(14)10-5-11-18-17;2*1-2-7-14-12(5-1)13-6-3-4-8-15(13)17-11-18-10-9-16(14)17;1-2-6-12-11(5-1)13-7-3-9-17-15(13)16-14(12)8-4-10-18-16;1-2-5-12-11(4-1)13-7-9-17-10-15(13)16-14(12)6-3-8-18-16;;;;;;;;;;;;;;;/h3*1-11H;2*1-10H;15*1H/i3*4D;1D;2D;15*1+1D. The lowest BCUT2D eigenvalue weighted by atomic mass is 9.96. The van der Waals surface area contributed by atoms with Crippen LogP contribution in [0, 0.1) is 0 Å². The highest BCUT2D eigenvalue weighted by Crippen LogP contribution is 2.38. The van der Waals surface area contributed by atoms with Crippen LogP contribution < -0.4 is 0 Å². The zero-order chi connectivity index (χ0) is 94.1. The van der Waals surface area contributed by atoms with Crippen LogP contribution in [0.3, 0.4) is 0 Å². The summed E-state index contributed by atoms with van der Waals surface area (Å²) >= 11 is 0. The molecular formula is C83H83N7. The lowest BCUT2D eigenvalue weighted by Crippen LogP contribution is -1.87. The van der Waals surface area contributed by atoms with Crippen molar-refractivity contribution in [2.75, 3.05) is 0 Å². The van der Waals surface area contributed by atoms with Gasteiger partial charge in [-0.3, -0.25) is 34.9 Å². The number of hydrogen-bond donors (Lipinski definition) is 0. The van der Waals surface area contributed by atoms with Gasteiger partial charge in [0.2, 0.25) is 0 Å². The second-order valence-electron chi connectivity index (χ2n) is 21.9. The molecule has 0 spiro atoms. The first kappa shape index (κ1) is 36.1. The van der Waals surface area contributed by atoms with E-state index in [1.807, 2.05) is 177 Å². The van der Waals surface area contributed by atoms with E-state index in [-0.39, 0.29) is 0 Å². The third-order valence-electron chi connectivity index (χ3n) is 17.0. The molecule has 7 aromatic heterocycles. The maximum atomic E-state index is 7.84. The largest absolute Gasteiger partial charge is 0.264 e. The van der Waals surface area contributed by atoms with Gasteiger partial charge in [0.15, 0.2) is 0 Å². The zero-order valence-corrected chi connectivity index (χ0v) is 48.3. The summed E-state index contributed by atoms with van der Waals surface area (Å²) in [7, 11) is 0. The van der Waals surface area contributed by atoms with Gasteiger partial charge in [-0.15, -0.1) is 0 Å². The summed E-state index contributed by atoms with van der Waals surface area (Å²) in [6.07, 6.45) is 18.3. The van der Waals surface area contributed by atoms with E-state index in [1.165, 1.54) is 53.9 Å². The highest BCUT2D eigenvalue weighted by Gasteiger charge is 2.13. The maximum absolute atomic E-state index is 7.84. The topological polar surface area (TPSA) is 90.2 Å². The number of rotatable bonds is 0. The molecule has 13 aromatic carbocycles. The van der Waals surface area contributed by atoms with Crippen LogP contribution in [-0.4, -0.2) is 34.9 Å². The normalized spacial score (nSPS) is 13.4. The van der Waals surface area contributed by atoms with Gasteiger partial charge in [0.05, 0.1) is 28.9 Å². The van der Waals surface area contributed by atoms with Gasteiger partial charge in [0, 0.05) is 150 Å². The average Bonchev–Trinajstić information content (AvgIpc) is 0.776. The molecule has 0 bridgehead atoms. The molecule has 90 heavy (non-hydrogen) atoms. The number of benzene rings is 13. The van der Waals surface area contributed by atoms with Crippen molar-refractivity contribution in [2.24, 2.45) is 0 Å². The van der Waals surface area contributed by atoms with Crippen molar-refractivity contribution in [3.05, 3.63) is 323 Å². The Balaban J connectivity index is 0.000000725. The molecule has 0 N–H and O–H groups in total. The molecule has 0 aliphatic carbocycles.